The van der Waals surface area contributed by atoms with Gasteiger partial charge in [0.15, 0.2) is 11.5 Å². The van der Waals surface area contributed by atoms with Gasteiger partial charge in [0, 0.05) is 18.2 Å². The van der Waals surface area contributed by atoms with Crippen LogP contribution in [-0.4, -0.2) is 27.2 Å². The first kappa shape index (κ1) is 18.2. The SMILES string of the molecule is COc1cc(OC)c(OC)cc1CNC(=O)c1cccc(Cl)c1Cl. The van der Waals surface area contributed by atoms with Crippen LogP contribution >= 0.6 is 23.2 Å². The van der Waals surface area contributed by atoms with Gasteiger partial charge in [0.2, 0.25) is 0 Å². The summed E-state index contributed by atoms with van der Waals surface area (Å²) in [5, 5.41) is 3.33. The molecule has 2 rings (SSSR count). The van der Waals surface area contributed by atoms with Gasteiger partial charge in [-0.25, -0.2) is 0 Å². The first-order valence-electron chi connectivity index (χ1n) is 7.03. The van der Waals surface area contributed by atoms with E-state index in [4.69, 9.17) is 37.4 Å². The summed E-state index contributed by atoms with van der Waals surface area (Å²) in [4.78, 5) is 12.3. The van der Waals surface area contributed by atoms with Crippen molar-refractivity contribution in [1.29, 1.82) is 0 Å². The Labute approximate surface area is 150 Å². The van der Waals surface area contributed by atoms with Crippen LogP contribution in [0, 0.1) is 0 Å². The Hall–Kier alpha value is -2.11. The second kappa shape index (κ2) is 8.13. The lowest BCUT2D eigenvalue weighted by atomic mass is 10.1. The van der Waals surface area contributed by atoms with Crippen molar-refractivity contribution in [3.63, 3.8) is 0 Å². The van der Waals surface area contributed by atoms with E-state index in [-0.39, 0.29) is 17.5 Å². The number of benzene rings is 2. The van der Waals surface area contributed by atoms with Crippen LogP contribution in [-0.2, 0) is 6.54 Å². The van der Waals surface area contributed by atoms with E-state index in [2.05, 4.69) is 5.32 Å². The molecule has 24 heavy (non-hydrogen) atoms. The van der Waals surface area contributed by atoms with E-state index < -0.39 is 0 Å². The number of rotatable bonds is 6. The van der Waals surface area contributed by atoms with Crippen molar-refractivity contribution in [2.75, 3.05) is 21.3 Å². The van der Waals surface area contributed by atoms with Crippen LogP contribution in [0.2, 0.25) is 10.0 Å². The van der Waals surface area contributed by atoms with Crippen LogP contribution in [0.3, 0.4) is 0 Å². The summed E-state index contributed by atoms with van der Waals surface area (Å²) in [5.41, 5.74) is 1.05. The predicted molar refractivity (Wildman–Crippen MR) is 93.7 cm³/mol. The van der Waals surface area contributed by atoms with Crippen LogP contribution < -0.4 is 19.5 Å². The first-order valence-corrected chi connectivity index (χ1v) is 7.78. The minimum atomic E-state index is -0.334. The van der Waals surface area contributed by atoms with E-state index in [9.17, 15) is 4.79 Å². The lowest BCUT2D eigenvalue weighted by Crippen LogP contribution is -2.23. The summed E-state index contributed by atoms with van der Waals surface area (Å²) in [6.07, 6.45) is 0. The molecule has 0 heterocycles. The molecule has 0 aliphatic rings. The second-order valence-electron chi connectivity index (χ2n) is 4.80. The minimum Gasteiger partial charge on any atom is -0.496 e. The van der Waals surface area contributed by atoms with Crippen molar-refractivity contribution in [3.05, 3.63) is 51.5 Å². The molecular formula is C17H17Cl2NO4. The van der Waals surface area contributed by atoms with E-state index in [0.29, 0.717) is 27.8 Å². The fourth-order valence-electron chi connectivity index (χ4n) is 2.18. The normalized spacial score (nSPS) is 10.2. The third-order valence-electron chi connectivity index (χ3n) is 3.42. The van der Waals surface area contributed by atoms with Gasteiger partial charge >= 0.3 is 0 Å². The summed E-state index contributed by atoms with van der Waals surface area (Å²) in [7, 11) is 4.62. The van der Waals surface area contributed by atoms with Crippen LogP contribution in [0.5, 0.6) is 17.2 Å². The quantitative estimate of drug-likeness (QED) is 0.837. The highest BCUT2D eigenvalue weighted by Crippen LogP contribution is 2.34. The smallest absolute Gasteiger partial charge is 0.253 e. The highest BCUT2D eigenvalue weighted by Gasteiger charge is 2.15. The van der Waals surface area contributed by atoms with Gasteiger partial charge in [-0.3, -0.25) is 4.79 Å². The van der Waals surface area contributed by atoms with Gasteiger partial charge in [-0.15, -0.1) is 0 Å². The summed E-state index contributed by atoms with van der Waals surface area (Å²) in [5.74, 6) is 1.33. The lowest BCUT2D eigenvalue weighted by Gasteiger charge is -2.15. The molecule has 5 nitrogen and oxygen atoms in total. The second-order valence-corrected chi connectivity index (χ2v) is 5.59. The summed E-state index contributed by atoms with van der Waals surface area (Å²) in [6.45, 7) is 0.227. The summed E-state index contributed by atoms with van der Waals surface area (Å²) >= 11 is 12.0. The van der Waals surface area contributed by atoms with Crippen molar-refractivity contribution < 1.29 is 19.0 Å². The van der Waals surface area contributed by atoms with Gasteiger partial charge < -0.3 is 19.5 Å². The van der Waals surface area contributed by atoms with Crippen molar-refractivity contribution in [3.8, 4) is 17.2 Å². The maximum absolute atomic E-state index is 12.3. The average Bonchev–Trinajstić information content (AvgIpc) is 2.61. The maximum atomic E-state index is 12.3. The number of carbonyl (C=O) groups is 1. The molecule has 0 bridgehead atoms. The number of methoxy groups -OCH3 is 3. The third kappa shape index (κ3) is 3.86. The number of nitrogens with one attached hydrogen (secondary N) is 1. The van der Waals surface area contributed by atoms with E-state index in [1.54, 1.807) is 51.7 Å². The summed E-state index contributed by atoms with van der Waals surface area (Å²) < 4.78 is 15.8. The van der Waals surface area contributed by atoms with Crippen LogP contribution in [0.15, 0.2) is 30.3 Å². The molecule has 128 valence electrons. The Kier molecular flexibility index (Phi) is 6.17. The van der Waals surface area contributed by atoms with Gasteiger partial charge in [-0.1, -0.05) is 29.3 Å². The van der Waals surface area contributed by atoms with E-state index in [1.807, 2.05) is 0 Å². The molecule has 0 aliphatic heterocycles. The molecule has 0 saturated carbocycles. The highest BCUT2D eigenvalue weighted by molar-refractivity contribution is 6.43. The largest absolute Gasteiger partial charge is 0.496 e. The van der Waals surface area contributed by atoms with Gasteiger partial charge in [-0.2, -0.15) is 0 Å². The summed E-state index contributed by atoms with van der Waals surface area (Å²) in [6, 6.07) is 8.34. The Morgan fingerprint density at radius 2 is 1.62 bits per heavy atom. The van der Waals surface area contributed by atoms with Gasteiger partial charge in [-0.05, 0) is 18.2 Å². The number of hydrogen-bond donors (Lipinski definition) is 1. The van der Waals surface area contributed by atoms with Crippen molar-refractivity contribution >= 4 is 29.1 Å². The zero-order valence-corrected chi connectivity index (χ0v) is 15.0. The zero-order chi connectivity index (χ0) is 17.7. The third-order valence-corrected chi connectivity index (χ3v) is 4.24. The van der Waals surface area contributed by atoms with Gasteiger partial charge in [0.05, 0.1) is 36.9 Å². The molecule has 0 unspecified atom stereocenters. The highest BCUT2D eigenvalue weighted by atomic mass is 35.5. The molecule has 2 aromatic carbocycles. The monoisotopic (exact) mass is 369 g/mol. The number of hydrogen-bond acceptors (Lipinski definition) is 4. The maximum Gasteiger partial charge on any atom is 0.253 e. The van der Waals surface area contributed by atoms with E-state index in [1.165, 1.54) is 0 Å². The molecule has 7 heteroatoms. The average molecular weight is 370 g/mol. The molecule has 0 saturated heterocycles. The first-order chi connectivity index (χ1) is 11.5. The van der Waals surface area contributed by atoms with Crippen molar-refractivity contribution in [2.45, 2.75) is 6.54 Å². The number of halogens is 2. The Morgan fingerprint density at radius 1 is 1.00 bits per heavy atom. The fraction of sp³-hybridized carbons (Fsp3) is 0.235. The molecular weight excluding hydrogens is 353 g/mol. The molecule has 0 radical (unpaired) electrons. The number of amides is 1. The van der Waals surface area contributed by atoms with Gasteiger partial charge in [0.1, 0.15) is 5.75 Å². The van der Waals surface area contributed by atoms with Crippen LogP contribution in [0.1, 0.15) is 15.9 Å². The molecule has 2 aromatic rings. The van der Waals surface area contributed by atoms with E-state index in [0.717, 1.165) is 5.56 Å². The molecule has 0 atom stereocenters. The van der Waals surface area contributed by atoms with Crippen LogP contribution in [0.25, 0.3) is 0 Å². The zero-order valence-electron chi connectivity index (χ0n) is 13.5. The number of ether oxygens (including phenoxy) is 3. The van der Waals surface area contributed by atoms with E-state index >= 15 is 0 Å². The Bertz CT molecular complexity index is 750. The molecule has 1 amide bonds. The standard InChI is InChI=1S/C17H17Cl2NO4/c1-22-13-8-15(24-3)14(23-2)7-10(13)9-20-17(21)11-5-4-6-12(18)16(11)19/h4-8H,9H2,1-3H3,(H,20,21). The Morgan fingerprint density at radius 3 is 2.25 bits per heavy atom. The molecule has 0 spiro atoms. The lowest BCUT2D eigenvalue weighted by molar-refractivity contribution is 0.0951. The van der Waals surface area contributed by atoms with Crippen LogP contribution in [0.4, 0.5) is 0 Å². The van der Waals surface area contributed by atoms with Crippen molar-refractivity contribution in [1.82, 2.24) is 5.32 Å². The number of carbonyl (C=O) groups excluding carboxylic acids is 1. The Balaban J connectivity index is 2.22. The molecule has 0 fully saturated rings. The molecule has 0 aromatic heterocycles. The van der Waals surface area contributed by atoms with Gasteiger partial charge in [0.25, 0.3) is 5.91 Å². The predicted octanol–water partition coefficient (Wildman–Crippen LogP) is 3.95. The topological polar surface area (TPSA) is 56.8 Å². The van der Waals surface area contributed by atoms with Crippen molar-refractivity contribution in [2.24, 2.45) is 0 Å². The fourth-order valence-corrected chi connectivity index (χ4v) is 2.57. The molecule has 0 aliphatic carbocycles. The minimum absolute atomic E-state index is 0.218. The molecule has 1 N–H and O–H groups in total.